The molecule has 1 aliphatic heterocycles. The highest BCUT2D eigenvalue weighted by Gasteiger charge is 2.26. The van der Waals surface area contributed by atoms with Gasteiger partial charge in [-0.3, -0.25) is 0 Å². The van der Waals surface area contributed by atoms with Crippen molar-refractivity contribution in [2.45, 2.75) is 4.90 Å². The summed E-state index contributed by atoms with van der Waals surface area (Å²) in [6.45, 7) is 0.128. The molecule has 2 rings (SSSR count). The van der Waals surface area contributed by atoms with Crippen LogP contribution < -0.4 is 0 Å². The van der Waals surface area contributed by atoms with Gasteiger partial charge in [0.05, 0.1) is 4.90 Å². The molecule has 0 unspecified atom stereocenters. The Labute approximate surface area is 98.6 Å². The zero-order valence-electron chi connectivity index (χ0n) is 8.30. The molecular formula is C9H10ClNO4S. The maximum absolute atomic E-state index is 12.0. The van der Waals surface area contributed by atoms with Crippen LogP contribution in [0.4, 0.5) is 0 Å². The molecule has 1 aromatic carbocycles. The van der Waals surface area contributed by atoms with Crippen molar-refractivity contribution in [2.75, 3.05) is 20.3 Å². The molecule has 0 spiro atoms. The molecule has 0 atom stereocenters. The van der Waals surface area contributed by atoms with Crippen LogP contribution in [0.1, 0.15) is 0 Å². The van der Waals surface area contributed by atoms with E-state index in [9.17, 15) is 8.42 Å². The summed E-state index contributed by atoms with van der Waals surface area (Å²) in [7, 11) is -3.55. The largest absolute Gasteiger partial charge is 0.339 e. The molecule has 0 amide bonds. The lowest BCUT2D eigenvalue weighted by molar-refractivity contribution is -0.153. The van der Waals surface area contributed by atoms with E-state index in [1.54, 1.807) is 0 Å². The van der Waals surface area contributed by atoms with E-state index in [4.69, 9.17) is 21.1 Å². The standard InChI is InChI=1S/C9H10ClNO4S/c10-8-1-3-9(4-2-8)16(12,13)11-5-14-7-15-6-11/h1-4H,5-7H2. The van der Waals surface area contributed by atoms with Gasteiger partial charge in [-0.15, -0.1) is 4.31 Å². The monoisotopic (exact) mass is 263 g/mol. The third kappa shape index (κ3) is 2.36. The van der Waals surface area contributed by atoms with Crippen LogP contribution in [-0.4, -0.2) is 33.0 Å². The van der Waals surface area contributed by atoms with Crippen molar-refractivity contribution in [2.24, 2.45) is 0 Å². The summed E-state index contributed by atoms with van der Waals surface area (Å²) in [4.78, 5) is 0.172. The van der Waals surface area contributed by atoms with Crippen LogP contribution in [0, 0.1) is 0 Å². The fourth-order valence-corrected chi connectivity index (χ4v) is 2.60. The Hall–Kier alpha value is -0.660. The molecule has 1 aliphatic rings. The van der Waals surface area contributed by atoms with Crippen LogP contribution in [-0.2, 0) is 19.5 Å². The Bertz CT molecular complexity index is 453. The molecular weight excluding hydrogens is 254 g/mol. The van der Waals surface area contributed by atoms with E-state index in [-0.39, 0.29) is 25.2 Å². The van der Waals surface area contributed by atoms with Gasteiger partial charge in [0.25, 0.3) is 0 Å². The zero-order chi connectivity index (χ0) is 11.6. The van der Waals surface area contributed by atoms with Crippen LogP contribution in [0.2, 0.25) is 5.02 Å². The number of hydrogen-bond acceptors (Lipinski definition) is 4. The molecule has 0 aromatic heterocycles. The van der Waals surface area contributed by atoms with Crippen LogP contribution in [0.25, 0.3) is 0 Å². The fourth-order valence-electron chi connectivity index (χ4n) is 1.27. The third-order valence-corrected chi connectivity index (χ3v) is 4.10. The predicted octanol–water partition coefficient (Wildman–Crippen LogP) is 1.25. The lowest BCUT2D eigenvalue weighted by Crippen LogP contribution is -2.39. The number of nitrogens with zero attached hydrogens (tertiary/aromatic N) is 1. The Morgan fingerprint density at radius 1 is 1.12 bits per heavy atom. The fraction of sp³-hybridized carbons (Fsp3) is 0.333. The molecule has 0 radical (unpaired) electrons. The Morgan fingerprint density at radius 2 is 1.69 bits per heavy atom. The normalized spacial score (nSPS) is 18.6. The van der Waals surface area contributed by atoms with E-state index in [1.165, 1.54) is 24.3 Å². The van der Waals surface area contributed by atoms with Crippen LogP contribution in [0.15, 0.2) is 29.2 Å². The highest BCUT2D eigenvalue weighted by Crippen LogP contribution is 2.19. The summed E-state index contributed by atoms with van der Waals surface area (Å²) in [5.41, 5.74) is 0. The van der Waals surface area contributed by atoms with Gasteiger partial charge < -0.3 is 9.47 Å². The molecule has 0 aliphatic carbocycles. The number of halogens is 1. The topological polar surface area (TPSA) is 55.8 Å². The number of rotatable bonds is 2. The van der Waals surface area contributed by atoms with Gasteiger partial charge in [0, 0.05) is 5.02 Å². The van der Waals surface area contributed by atoms with Crippen molar-refractivity contribution < 1.29 is 17.9 Å². The second-order valence-electron chi connectivity index (χ2n) is 3.20. The van der Waals surface area contributed by atoms with Gasteiger partial charge in [-0.2, -0.15) is 0 Å². The van der Waals surface area contributed by atoms with Crippen LogP contribution in [0.3, 0.4) is 0 Å². The van der Waals surface area contributed by atoms with E-state index in [1.807, 2.05) is 0 Å². The van der Waals surface area contributed by atoms with Gasteiger partial charge in [-0.1, -0.05) is 11.6 Å². The van der Waals surface area contributed by atoms with Gasteiger partial charge in [-0.05, 0) is 24.3 Å². The average molecular weight is 264 g/mol. The highest BCUT2D eigenvalue weighted by atomic mass is 35.5. The summed E-state index contributed by atoms with van der Waals surface area (Å²) >= 11 is 5.69. The summed E-state index contributed by atoms with van der Waals surface area (Å²) in [6, 6.07) is 5.96. The molecule has 0 saturated carbocycles. The number of benzene rings is 1. The van der Waals surface area contributed by atoms with E-state index in [0.717, 1.165) is 4.31 Å². The number of hydrogen-bond donors (Lipinski definition) is 0. The van der Waals surface area contributed by atoms with Crippen molar-refractivity contribution in [3.63, 3.8) is 0 Å². The highest BCUT2D eigenvalue weighted by molar-refractivity contribution is 7.89. The number of sulfonamides is 1. The van der Waals surface area contributed by atoms with E-state index in [2.05, 4.69) is 0 Å². The first-order valence-electron chi connectivity index (χ1n) is 4.52. The molecule has 0 N–H and O–H groups in total. The summed E-state index contributed by atoms with van der Waals surface area (Å²) < 4.78 is 35.0. The molecule has 88 valence electrons. The Morgan fingerprint density at radius 3 is 2.25 bits per heavy atom. The van der Waals surface area contributed by atoms with Crippen molar-refractivity contribution in [1.29, 1.82) is 0 Å². The third-order valence-electron chi connectivity index (χ3n) is 2.09. The summed E-state index contributed by atoms with van der Waals surface area (Å²) in [5, 5.41) is 0.491. The first-order valence-corrected chi connectivity index (χ1v) is 6.34. The van der Waals surface area contributed by atoms with Gasteiger partial charge in [0.1, 0.15) is 20.3 Å². The number of ether oxygens (including phenoxy) is 2. The minimum Gasteiger partial charge on any atom is -0.339 e. The molecule has 16 heavy (non-hydrogen) atoms. The van der Waals surface area contributed by atoms with Crippen LogP contribution in [0.5, 0.6) is 0 Å². The van der Waals surface area contributed by atoms with Crippen molar-refractivity contribution >= 4 is 21.6 Å². The quantitative estimate of drug-likeness (QED) is 0.806. The minimum absolute atomic E-state index is 0.00492. The van der Waals surface area contributed by atoms with Gasteiger partial charge in [0.15, 0.2) is 0 Å². The molecule has 1 heterocycles. The van der Waals surface area contributed by atoms with Gasteiger partial charge >= 0.3 is 0 Å². The first kappa shape index (κ1) is 11.8. The molecule has 7 heteroatoms. The Kier molecular flexibility index (Phi) is 3.46. The lowest BCUT2D eigenvalue weighted by Gasteiger charge is -2.25. The minimum atomic E-state index is -3.55. The average Bonchev–Trinajstić information content (AvgIpc) is 2.31. The second-order valence-corrected chi connectivity index (χ2v) is 5.57. The lowest BCUT2D eigenvalue weighted by atomic mass is 10.4. The smallest absolute Gasteiger partial charge is 0.246 e. The predicted molar refractivity (Wildman–Crippen MR) is 57.2 cm³/mol. The SMILES string of the molecule is O=S(=O)(c1ccc(Cl)cc1)N1COCOC1. The summed E-state index contributed by atoms with van der Waals surface area (Å²) in [6.07, 6.45) is 0. The molecule has 1 fully saturated rings. The van der Waals surface area contributed by atoms with Crippen molar-refractivity contribution in [1.82, 2.24) is 4.31 Å². The van der Waals surface area contributed by atoms with Gasteiger partial charge in [-0.25, -0.2) is 8.42 Å². The Balaban J connectivity index is 2.27. The summed E-state index contributed by atoms with van der Waals surface area (Å²) in [5.74, 6) is 0. The van der Waals surface area contributed by atoms with E-state index < -0.39 is 10.0 Å². The van der Waals surface area contributed by atoms with E-state index in [0.29, 0.717) is 5.02 Å². The maximum Gasteiger partial charge on any atom is 0.246 e. The molecule has 0 bridgehead atoms. The first-order chi connectivity index (χ1) is 7.60. The van der Waals surface area contributed by atoms with Crippen molar-refractivity contribution in [3.8, 4) is 0 Å². The van der Waals surface area contributed by atoms with Crippen LogP contribution >= 0.6 is 11.6 Å². The molecule has 1 aromatic rings. The van der Waals surface area contributed by atoms with Crippen molar-refractivity contribution in [3.05, 3.63) is 29.3 Å². The second kappa shape index (κ2) is 4.68. The molecule has 5 nitrogen and oxygen atoms in total. The van der Waals surface area contributed by atoms with Gasteiger partial charge in [0.2, 0.25) is 10.0 Å². The molecule has 1 saturated heterocycles. The maximum atomic E-state index is 12.0. The zero-order valence-corrected chi connectivity index (χ0v) is 9.87. The van der Waals surface area contributed by atoms with E-state index >= 15 is 0 Å².